The molecular formula is C11H12NP. The van der Waals surface area contributed by atoms with Crippen molar-refractivity contribution in [3.8, 4) is 0 Å². The van der Waals surface area contributed by atoms with Gasteiger partial charge in [0.1, 0.15) is 0 Å². The Hall–Kier alpha value is -0.940. The Labute approximate surface area is 80.4 Å². The van der Waals surface area contributed by atoms with Gasteiger partial charge >= 0.3 is 0 Å². The molecule has 66 valence electrons. The summed E-state index contributed by atoms with van der Waals surface area (Å²) in [6, 6.07) is 10.5. The van der Waals surface area contributed by atoms with Gasteiger partial charge in [-0.05, 0) is 24.0 Å². The van der Waals surface area contributed by atoms with Crippen LogP contribution < -0.4 is 0 Å². The molecule has 2 heteroatoms. The molecule has 0 saturated carbocycles. The van der Waals surface area contributed by atoms with Crippen LogP contribution in [0.4, 0.5) is 0 Å². The molecule has 1 nitrogen and oxygen atoms in total. The summed E-state index contributed by atoms with van der Waals surface area (Å²) < 4.78 is 0. The number of hydrogen-bond donors (Lipinski definition) is 0. The van der Waals surface area contributed by atoms with E-state index in [9.17, 15) is 0 Å². The van der Waals surface area contributed by atoms with Crippen LogP contribution in [0, 0.1) is 0 Å². The van der Waals surface area contributed by atoms with Crippen molar-refractivity contribution in [3.63, 3.8) is 0 Å². The van der Waals surface area contributed by atoms with Crippen LogP contribution in [-0.4, -0.2) is 11.1 Å². The fraction of sp³-hybridized carbons (Fsp3) is 0.182. The molecule has 0 aliphatic carbocycles. The zero-order valence-electron chi connectivity index (χ0n) is 7.40. The van der Waals surface area contributed by atoms with Crippen LogP contribution in [-0.2, 0) is 6.42 Å². The molecule has 0 saturated heterocycles. The van der Waals surface area contributed by atoms with E-state index in [1.165, 1.54) is 16.5 Å². The molecule has 0 fully saturated rings. The smallest absolute Gasteiger partial charge is 0.0413 e. The van der Waals surface area contributed by atoms with Crippen molar-refractivity contribution in [1.29, 1.82) is 0 Å². The molecular weight excluding hydrogens is 177 g/mol. The predicted molar refractivity (Wildman–Crippen MR) is 60.0 cm³/mol. The molecule has 0 aliphatic rings. The topological polar surface area (TPSA) is 12.9 Å². The number of benzene rings is 1. The van der Waals surface area contributed by atoms with Crippen molar-refractivity contribution >= 4 is 20.0 Å². The minimum Gasteiger partial charge on any atom is -0.261 e. The van der Waals surface area contributed by atoms with Crippen LogP contribution in [0.15, 0.2) is 36.5 Å². The highest BCUT2D eigenvalue weighted by Gasteiger charge is 1.95. The minimum absolute atomic E-state index is 1.04. The van der Waals surface area contributed by atoms with Crippen LogP contribution in [0.3, 0.4) is 0 Å². The van der Waals surface area contributed by atoms with E-state index in [4.69, 9.17) is 0 Å². The predicted octanol–water partition coefficient (Wildman–Crippen LogP) is 2.65. The van der Waals surface area contributed by atoms with Gasteiger partial charge in [0.05, 0.1) is 0 Å². The molecule has 2 aromatic rings. The van der Waals surface area contributed by atoms with Gasteiger partial charge in [0.15, 0.2) is 0 Å². The van der Waals surface area contributed by atoms with Crippen molar-refractivity contribution in [2.75, 3.05) is 6.16 Å². The van der Waals surface area contributed by atoms with Crippen LogP contribution >= 0.6 is 9.24 Å². The van der Waals surface area contributed by atoms with Gasteiger partial charge in [-0.15, -0.1) is 9.24 Å². The van der Waals surface area contributed by atoms with Crippen molar-refractivity contribution in [2.45, 2.75) is 6.42 Å². The van der Waals surface area contributed by atoms with Crippen LogP contribution in [0.5, 0.6) is 0 Å². The van der Waals surface area contributed by atoms with E-state index in [-0.39, 0.29) is 0 Å². The van der Waals surface area contributed by atoms with Gasteiger partial charge in [-0.3, -0.25) is 4.98 Å². The quantitative estimate of drug-likeness (QED) is 0.662. The molecule has 0 bridgehead atoms. The zero-order valence-corrected chi connectivity index (χ0v) is 8.56. The Morgan fingerprint density at radius 2 is 1.92 bits per heavy atom. The maximum Gasteiger partial charge on any atom is 0.0413 e. The highest BCUT2D eigenvalue weighted by molar-refractivity contribution is 7.16. The summed E-state index contributed by atoms with van der Waals surface area (Å²) in [7, 11) is 2.73. The van der Waals surface area contributed by atoms with Crippen LogP contribution in [0.25, 0.3) is 10.8 Å². The van der Waals surface area contributed by atoms with Crippen molar-refractivity contribution in [3.05, 3.63) is 42.2 Å². The molecule has 1 unspecified atom stereocenters. The van der Waals surface area contributed by atoms with Gasteiger partial charge in [0.25, 0.3) is 0 Å². The van der Waals surface area contributed by atoms with Gasteiger partial charge in [0, 0.05) is 17.3 Å². The third-order valence-corrected chi connectivity index (χ3v) is 2.38. The van der Waals surface area contributed by atoms with Gasteiger partial charge in [-0.25, -0.2) is 0 Å². The lowest BCUT2D eigenvalue weighted by Gasteiger charge is -2.00. The normalized spacial score (nSPS) is 10.5. The van der Waals surface area contributed by atoms with Gasteiger partial charge in [-0.2, -0.15) is 0 Å². The summed E-state index contributed by atoms with van der Waals surface area (Å²) in [5.41, 5.74) is 1.17. The average molecular weight is 189 g/mol. The average Bonchev–Trinajstić information content (AvgIpc) is 2.18. The zero-order chi connectivity index (χ0) is 9.10. The number of aryl methyl sites for hydroxylation is 1. The van der Waals surface area contributed by atoms with E-state index in [1.807, 2.05) is 12.3 Å². The lowest BCUT2D eigenvalue weighted by Crippen LogP contribution is -1.89. The van der Waals surface area contributed by atoms with E-state index in [0.717, 1.165) is 12.6 Å². The standard InChI is InChI=1S/C11H12NP/c13-6-5-11-7-9-3-1-2-4-10(9)8-12-11/h1-4,7-8H,5-6,13H2. The first-order valence-electron chi connectivity index (χ1n) is 4.44. The highest BCUT2D eigenvalue weighted by atomic mass is 31.0. The Bertz CT molecular complexity index is 412. The second-order valence-electron chi connectivity index (χ2n) is 3.06. The van der Waals surface area contributed by atoms with E-state index >= 15 is 0 Å². The Morgan fingerprint density at radius 1 is 1.15 bits per heavy atom. The highest BCUT2D eigenvalue weighted by Crippen LogP contribution is 2.13. The molecule has 1 aromatic heterocycles. The lowest BCUT2D eigenvalue weighted by atomic mass is 10.1. The fourth-order valence-electron chi connectivity index (χ4n) is 1.41. The SMILES string of the molecule is PCCc1cc2ccccc2cn1. The summed E-state index contributed by atoms with van der Waals surface area (Å²) in [5, 5.41) is 2.50. The Morgan fingerprint density at radius 3 is 2.69 bits per heavy atom. The summed E-state index contributed by atoms with van der Waals surface area (Å²) >= 11 is 0. The third kappa shape index (κ3) is 1.87. The molecule has 1 atom stereocenters. The maximum absolute atomic E-state index is 4.38. The van der Waals surface area contributed by atoms with Gasteiger partial charge in [-0.1, -0.05) is 24.3 Å². The van der Waals surface area contributed by atoms with E-state index in [1.54, 1.807) is 0 Å². The van der Waals surface area contributed by atoms with Gasteiger partial charge < -0.3 is 0 Å². The maximum atomic E-state index is 4.38. The van der Waals surface area contributed by atoms with Crippen LogP contribution in [0.1, 0.15) is 5.69 Å². The molecule has 0 N–H and O–H groups in total. The summed E-state index contributed by atoms with van der Waals surface area (Å²) in [5.74, 6) is 0. The number of rotatable bonds is 2. The van der Waals surface area contributed by atoms with Crippen molar-refractivity contribution in [2.24, 2.45) is 0 Å². The first-order chi connectivity index (χ1) is 6.40. The number of nitrogens with zero attached hydrogens (tertiary/aromatic N) is 1. The summed E-state index contributed by atoms with van der Waals surface area (Å²) in [4.78, 5) is 4.38. The molecule has 0 aliphatic heterocycles. The third-order valence-electron chi connectivity index (χ3n) is 2.09. The minimum atomic E-state index is 1.04. The largest absolute Gasteiger partial charge is 0.261 e. The number of pyridine rings is 1. The molecule has 0 amide bonds. The van der Waals surface area contributed by atoms with E-state index < -0.39 is 0 Å². The van der Waals surface area contributed by atoms with E-state index in [0.29, 0.717) is 0 Å². The van der Waals surface area contributed by atoms with Gasteiger partial charge in [0.2, 0.25) is 0 Å². The second kappa shape index (κ2) is 3.85. The number of aromatic nitrogens is 1. The molecule has 1 aromatic carbocycles. The molecule has 2 rings (SSSR count). The first kappa shape index (κ1) is 8.65. The lowest BCUT2D eigenvalue weighted by molar-refractivity contribution is 1.06. The summed E-state index contributed by atoms with van der Waals surface area (Å²) in [6.07, 6.45) is 4.06. The molecule has 13 heavy (non-hydrogen) atoms. The molecule has 1 heterocycles. The van der Waals surface area contributed by atoms with Crippen molar-refractivity contribution in [1.82, 2.24) is 4.98 Å². The first-order valence-corrected chi connectivity index (χ1v) is 5.25. The van der Waals surface area contributed by atoms with Crippen LogP contribution in [0.2, 0.25) is 0 Å². The van der Waals surface area contributed by atoms with E-state index in [2.05, 4.69) is 38.5 Å². The fourth-order valence-corrected chi connectivity index (χ4v) is 1.71. The van der Waals surface area contributed by atoms with Crippen molar-refractivity contribution < 1.29 is 0 Å². The Kier molecular flexibility index (Phi) is 2.56. The molecule has 0 spiro atoms. The molecule has 0 radical (unpaired) electrons. The number of fused-ring (bicyclic) bond motifs is 1. The Balaban J connectivity index is 2.49. The number of hydrogen-bond acceptors (Lipinski definition) is 1. The monoisotopic (exact) mass is 189 g/mol. The second-order valence-corrected chi connectivity index (χ2v) is 3.64. The summed E-state index contributed by atoms with van der Waals surface area (Å²) in [6.45, 7) is 0.